The molecule has 0 bridgehead atoms. The highest BCUT2D eigenvalue weighted by molar-refractivity contribution is 6.00. The quantitative estimate of drug-likeness (QED) is 0.718. The standard InChI is InChI=1S/C19H24F2N4O3/c1-3-5-12-24(17(27)19(20,21)13-9-7-6-8-10-13)14-15(22)25(11-4-2)18(28)23-16(14)26/h6-10H,3-5,11-12,22H2,1-2H3,(H,23,26,28). The molecule has 1 aromatic carbocycles. The molecule has 0 fully saturated rings. The van der Waals surface area contributed by atoms with Crippen molar-refractivity contribution in [3.05, 3.63) is 56.7 Å². The highest BCUT2D eigenvalue weighted by atomic mass is 19.3. The van der Waals surface area contributed by atoms with Crippen molar-refractivity contribution in [3.8, 4) is 0 Å². The molecule has 2 rings (SSSR count). The van der Waals surface area contributed by atoms with Gasteiger partial charge in [-0.3, -0.25) is 24.0 Å². The van der Waals surface area contributed by atoms with E-state index < -0.39 is 34.3 Å². The first kappa shape index (κ1) is 21.3. The summed E-state index contributed by atoms with van der Waals surface area (Å²) in [6, 6.07) is 6.64. The number of carbonyl (C=O) groups is 1. The van der Waals surface area contributed by atoms with Gasteiger partial charge in [-0.1, -0.05) is 50.6 Å². The van der Waals surface area contributed by atoms with Crippen molar-refractivity contribution in [2.45, 2.75) is 45.6 Å². The summed E-state index contributed by atoms with van der Waals surface area (Å²) in [6.07, 6.45) is 1.51. The zero-order valence-corrected chi connectivity index (χ0v) is 15.9. The molecule has 1 amide bonds. The van der Waals surface area contributed by atoms with Crippen molar-refractivity contribution >= 4 is 17.4 Å². The number of halogens is 2. The van der Waals surface area contributed by atoms with Crippen molar-refractivity contribution in [1.29, 1.82) is 0 Å². The minimum absolute atomic E-state index is 0.130. The van der Waals surface area contributed by atoms with E-state index in [-0.39, 0.29) is 18.9 Å². The number of aromatic amines is 1. The Bertz CT molecular complexity index is 938. The molecule has 1 heterocycles. The van der Waals surface area contributed by atoms with Gasteiger partial charge in [0.2, 0.25) is 0 Å². The van der Waals surface area contributed by atoms with Gasteiger partial charge in [0.05, 0.1) is 0 Å². The fraction of sp³-hybridized carbons (Fsp3) is 0.421. The summed E-state index contributed by atoms with van der Waals surface area (Å²) >= 11 is 0. The molecule has 2 aromatic rings. The molecule has 9 heteroatoms. The first-order chi connectivity index (χ1) is 13.3. The van der Waals surface area contributed by atoms with E-state index >= 15 is 0 Å². The van der Waals surface area contributed by atoms with Crippen LogP contribution in [0.3, 0.4) is 0 Å². The van der Waals surface area contributed by atoms with Gasteiger partial charge in [0, 0.05) is 18.7 Å². The molecule has 3 N–H and O–H groups in total. The molecule has 0 aliphatic heterocycles. The summed E-state index contributed by atoms with van der Waals surface area (Å²) in [5.41, 5.74) is 3.34. The van der Waals surface area contributed by atoms with Crippen LogP contribution in [0.1, 0.15) is 38.7 Å². The van der Waals surface area contributed by atoms with Crippen LogP contribution in [0.15, 0.2) is 39.9 Å². The second kappa shape index (κ2) is 8.81. The summed E-state index contributed by atoms with van der Waals surface area (Å²) in [4.78, 5) is 40.0. The predicted molar refractivity (Wildman–Crippen MR) is 104 cm³/mol. The molecule has 1 aromatic heterocycles. The second-order valence-electron chi connectivity index (χ2n) is 6.40. The number of aromatic nitrogens is 2. The number of unbranched alkanes of at least 4 members (excludes halogenated alkanes) is 1. The van der Waals surface area contributed by atoms with Crippen LogP contribution < -0.4 is 21.9 Å². The lowest BCUT2D eigenvalue weighted by atomic mass is 10.1. The zero-order chi connectivity index (χ0) is 20.9. The minimum atomic E-state index is -3.86. The molecule has 0 saturated heterocycles. The van der Waals surface area contributed by atoms with E-state index in [9.17, 15) is 23.2 Å². The number of benzene rings is 1. The second-order valence-corrected chi connectivity index (χ2v) is 6.40. The van der Waals surface area contributed by atoms with Gasteiger partial charge in [0.1, 0.15) is 5.82 Å². The normalized spacial score (nSPS) is 11.4. The van der Waals surface area contributed by atoms with Crippen molar-refractivity contribution in [1.82, 2.24) is 9.55 Å². The highest BCUT2D eigenvalue weighted by Crippen LogP contribution is 2.32. The molecule has 0 unspecified atom stereocenters. The van der Waals surface area contributed by atoms with Crippen molar-refractivity contribution in [2.24, 2.45) is 0 Å². The van der Waals surface area contributed by atoms with E-state index in [0.717, 1.165) is 16.7 Å². The minimum Gasteiger partial charge on any atom is -0.383 e. The summed E-state index contributed by atoms with van der Waals surface area (Å²) < 4.78 is 30.9. The molecule has 0 saturated carbocycles. The molecule has 0 radical (unpaired) electrons. The van der Waals surface area contributed by atoms with Crippen molar-refractivity contribution in [2.75, 3.05) is 17.2 Å². The third kappa shape index (κ3) is 4.13. The molecule has 152 valence electrons. The Morgan fingerprint density at radius 1 is 1.18 bits per heavy atom. The van der Waals surface area contributed by atoms with Crippen LogP contribution in [-0.4, -0.2) is 22.0 Å². The number of anilines is 2. The number of carbonyl (C=O) groups excluding carboxylic acids is 1. The number of nitrogens with one attached hydrogen (secondary N) is 1. The van der Waals surface area contributed by atoms with Gasteiger partial charge >= 0.3 is 17.5 Å². The average Bonchev–Trinajstić information content (AvgIpc) is 2.67. The average molecular weight is 394 g/mol. The topological polar surface area (TPSA) is 101 Å². The lowest BCUT2D eigenvalue weighted by Gasteiger charge is -2.28. The largest absolute Gasteiger partial charge is 0.383 e. The third-order valence-corrected chi connectivity index (χ3v) is 4.32. The van der Waals surface area contributed by atoms with Crippen LogP contribution in [0.25, 0.3) is 0 Å². The van der Waals surface area contributed by atoms with Gasteiger partial charge in [0.15, 0.2) is 5.69 Å². The van der Waals surface area contributed by atoms with Gasteiger partial charge in [-0.2, -0.15) is 8.78 Å². The fourth-order valence-corrected chi connectivity index (χ4v) is 2.86. The fourth-order valence-electron chi connectivity index (χ4n) is 2.86. The molecule has 0 atom stereocenters. The van der Waals surface area contributed by atoms with E-state index in [4.69, 9.17) is 5.73 Å². The Morgan fingerprint density at radius 2 is 1.82 bits per heavy atom. The molecule has 0 spiro atoms. The number of alkyl halides is 2. The molecular formula is C19H24F2N4O3. The number of rotatable bonds is 8. The number of hydrogen-bond acceptors (Lipinski definition) is 4. The highest BCUT2D eigenvalue weighted by Gasteiger charge is 2.45. The predicted octanol–water partition coefficient (Wildman–Crippen LogP) is 2.45. The molecule has 28 heavy (non-hydrogen) atoms. The zero-order valence-electron chi connectivity index (χ0n) is 15.9. The number of amides is 1. The van der Waals surface area contributed by atoms with E-state index in [2.05, 4.69) is 4.98 Å². The lowest BCUT2D eigenvalue weighted by molar-refractivity contribution is -0.143. The Morgan fingerprint density at radius 3 is 2.39 bits per heavy atom. The Kier molecular flexibility index (Phi) is 6.71. The first-order valence-corrected chi connectivity index (χ1v) is 9.13. The van der Waals surface area contributed by atoms with Crippen LogP contribution in [0.5, 0.6) is 0 Å². The van der Waals surface area contributed by atoms with Crippen molar-refractivity contribution in [3.63, 3.8) is 0 Å². The first-order valence-electron chi connectivity index (χ1n) is 9.13. The van der Waals surface area contributed by atoms with Crippen LogP contribution in [0.4, 0.5) is 20.3 Å². The Balaban J connectivity index is 2.62. The summed E-state index contributed by atoms with van der Waals surface area (Å²) in [5.74, 6) is -5.73. The third-order valence-electron chi connectivity index (χ3n) is 4.32. The van der Waals surface area contributed by atoms with E-state index in [0.29, 0.717) is 24.2 Å². The molecular weight excluding hydrogens is 370 g/mol. The number of nitrogens with two attached hydrogens (primary N) is 1. The molecule has 0 aliphatic rings. The van der Waals surface area contributed by atoms with Crippen LogP contribution in [-0.2, 0) is 17.3 Å². The van der Waals surface area contributed by atoms with Gasteiger partial charge < -0.3 is 5.73 Å². The summed E-state index contributed by atoms with van der Waals surface area (Å²) in [7, 11) is 0. The molecule has 0 aliphatic carbocycles. The van der Waals surface area contributed by atoms with E-state index in [1.807, 2.05) is 6.92 Å². The number of nitrogen functional groups attached to an aromatic ring is 1. The van der Waals surface area contributed by atoms with E-state index in [1.165, 1.54) is 12.1 Å². The van der Waals surface area contributed by atoms with Gasteiger partial charge in [-0.15, -0.1) is 0 Å². The van der Waals surface area contributed by atoms with Gasteiger partial charge in [-0.05, 0) is 12.8 Å². The SMILES string of the molecule is CCCCN(C(=O)C(F)(F)c1ccccc1)c1c(N)n(CCC)c(=O)[nH]c1=O. The van der Waals surface area contributed by atoms with Crippen LogP contribution in [0, 0.1) is 0 Å². The lowest BCUT2D eigenvalue weighted by Crippen LogP contribution is -2.47. The van der Waals surface area contributed by atoms with E-state index in [1.54, 1.807) is 13.0 Å². The maximum absolute atomic E-state index is 14.9. The maximum Gasteiger partial charge on any atom is 0.350 e. The molecule has 7 nitrogen and oxygen atoms in total. The summed E-state index contributed by atoms with van der Waals surface area (Å²) in [5, 5.41) is 0. The Labute approximate surface area is 160 Å². The van der Waals surface area contributed by atoms with Gasteiger partial charge in [0.25, 0.3) is 5.56 Å². The van der Waals surface area contributed by atoms with Crippen LogP contribution >= 0.6 is 0 Å². The summed E-state index contributed by atoms with van der Waals surface area (Å²) in [6.45, 7) is 3.67. The number of hydrogen-bond donors (Lipinski definition) is 2. The smallest absolute Gasteiger partial charge is 0.350 e. The monoisotopic (exact) mass is 394 g/mol. The Hall–Kier alpha value is -2.97. The van der Waals surface area contributed by atoms with Crippen LogP contribution in [0.2, 0.25) is 0 Å². The van der Waals surface area contributed by atoms with Crippen molar-refractivity contribution < 1.29 is 13.6 Å². The number of H-pyrrole nitrogens is 1. The number of nitrogens with zero attached hydrogens (tertiary/aromatic N) is 2. The maximum atomic E-state index is 14.9. The van der Waals surface area contributed by atoms with Gasteiger partial charge in [-0.25, -0.2) is 4.79 Å².